The molecule has 0 amide bonds. The summed E-state index contributed by atoms with van der Waals surface area (Å²) >= 11 is 0. The predicted octanol–water partition coefficient (Wildman–Crippen LogP) is 1.96. The van der Waals surface area contributed by atoms with Crippen molar-refractivity contribution in [3.8, 4) is 0 Å². The normalized spacial score (nSPS) is 20.7. The molecule has 0 aromatic heterocycles. The number of nitrogens with one attached hydrogen (secondary N) is 1. The topological polar surface area (TPSA) is 24.4 Å². The molecule has 0 spiro atoms. The summed E-state index contributed by atoms with van der Waals surface area (Å²) in [5.74, 6) is 1.16. The van der Waals surface area contributed by atoms with Crippen LogP contribution in [0.4, 0.5) is 0 Å². The quantitative estimate of drug-likeness (QED) is 0.477. The van der Waals surface area contributed by atoms with Crippen LogP contribution < -0.4 is 5.32 Å². The third kappa shape index (κ3) is 2.52. The lowest BCUT2D eigenvalue weighted by Crippen LogP contribution is -2.32. The Hall–Kier alpha value is -0.530. The molecule has 1 fully saturated rings. The Balaban J connectivity index is 2.27. The fourth-order valence-electron chi connectivity index (χ4n) is 1.63. The number of aliphatic imine (C=N–C) groups is 1. The zero-order valence-electron chi connectivity index (χ0n) is 7.56. The van der Waals surface area contributed by atoms with E-state index in [9.17, 15) is 0 Å². The zero-order valence-corrected chi connectivity index (χ0v) is 7.56. The van der Waals surface area contributed by atoms with E-state index in [2.05, 4.69) is 17.2 Å². The van der Waals surface area contributed by atoms with Crippen molar-refractivity contribution in [3.05, 3.63) is 0 Å². The fraction of sp³-hybridized carbons (Fsp3) is 0.889. The van der Waals surface area contributed by atoms with Crippen LogP contribution in [0.25, 0.3) is 0 Å². The van der Waals surface area contributed by atoms with E-state index in [1.54, 1.807) is 0 Å². The molecule has 0 aromatic rings. The fourth-order valence-corrected chi connectivity index (χ4v) is 1.63. The van der Waals surface area contributed by atoms with Crippen LogP contribution in [0.15, 0.2) is 4.99 Å². The van der Waals surface area contributed by atoms with Crippen LogP contribution in [-0.4, -0.2) is 18.9 Å². The summed E-state index contributed by atoms with van der Waals surface area (Å²) in [6.45, 7) is 2.14. The molecule has 1 rings (SSSR count). The Morgan fingerprint density at radius 3 is 2.55 bits per heavy atom. The molecule has 1 N–H and O–H groups in total. The van der Waals surface area contributed by atoms with E-state index < -0.39 is 0 Å². The third-order valence-electron chi connectivity index (χ3n) is 2.33. The highest BCUT2D eigenvalue weighted by Gasteiger charge is 2.14. The van der Waals surface area contributed by atoms with Gasteiger partial charge in [-0.05, 0) is 12.8 Å². The molecule has 0 radical (unpaired) electrons. The number of hydrogen-bond donors (Lipinski definition) is 1. The van der Waals surface area contributed by atoms with Crippen molar-refractivity contribution in [2.45, 2.75) is 45.1 Å². The van der Waals surface area contributed by atoms with Crippen LogP contribution in [-0.2, 0) is 0 Å². The standard InChI is InChI=1S/C9H18N2/c1-3-9(10-2)11-8-6-4-5-7-8/h8H,3-7H2,1-2H3,(H,10,11). The van der Waals surface area contributed by atoms with Gasteiger partial charge in [0, 0.05) is 19.5 Å². The van der Waals surface area contributed by atoms with Gasteiger partial charge in [0.1, 0.15) is 0 Å². The predicted molar refractivity (Wildman–Crippen MR) is 49.0 cm³/mol. The highest BCUT2D eigenvalue weighted by atomic mass is 15.0. The molecule has 1 saturated carbocycles. The van der Waals surface area contributed by atoms with E-state index in [0.29, 0.717) is 6.04 Å². The maximum absolute atomic E-state index is 4.18. The first-order chi connectivity index (χ1) is 5.36. The Morgan fingerprint density at radius 1 is 1.45 bits per heavy atom. The highest BCUT2D eigenvalue weighted by molar-refractivity contribution is 5.81. The average Bonchev–Trinajstić information content (AvgIpc) is 2.52. The van der Waals surface area contributed by atoms with Crippen LogP contribution in [0.1, 0.15) is 39.0 Å². The van der Waals surface area contributed by atoms with E-state index in [1.165, 1.54) is 25.7 Å². The molecule has 0 heterocycles. The summed E-state index contributed by atoms with van der Waals surface area (Å²) in [6.07, 6.45) is 6.47. The molecule has 0 aromatic carbocycles. The number of amidine groups is 1. The molecule has 0 saturated heterocycles. The summed E-state index contributed by atoms with van der Waals surface area (Å²) in [5, 5.41) is 3.47. The first-order valence-corrected chi connectivity index (χ1v) is 4.59. The van der Waals surface area contributed by atoms with Crippen molar-refractivity contribution in [2.24, 2.45) is 4.99 Å². The molecule has 0 bridgehead atoms. The smallest absolute Gasteiger partial charge is 0.0958 e. The van der Waals surface area contributed by atoms with Crippen molar-refractivity contribution < 1.29 is 0 Å². The second-order valence-electron chi connectivity index (χ2n) is 3.15. The average molecular weight is 154 g/mol. The highest BCUT2D eigenvalue weighted by Crippen LogP contribution is 2.17. The third-order valence-corrected chi connectivity index (χ3v) is 2.33. The van der Waals surface area contributed by atoms with Crippen molar-refractivity contribution in [1.29, 1.82) is 0 Å². The number of nitrogens with zero attached hydrogens (tertiary/aromatic N) is 1. The molecule has 1 aliphatic rings. The lowest BCUT2D eigenvalue weighted by molar-refractivity contribution is 0.624. The van der Waals surface area contributed by atoms with Gasteiger partial charge in [-0.15, -0.1) is 0 Å². The molecule has 0 aliphatic heterocycles. The first kappa shape index (κ1) is 8.57. The molecule has 0 atom stereocenters. The first-order valence-electron chi connectivity index (χ1n) is 4.59. The Kier molecular flexibility index (Phi) is 3.40. The van der Waals surface area contributed by atoms with E-state index in [0.717, 1.165) is 12.3 Å². The van der Waals surface area contributed by atoms with E-state index in [1.807, 2.05) is 7.05 Å². The Labute approximate surface area is 69.1 Å². The monoisotopic (exact) mass is 154 g/mol. The van der Waals surface area contributed by atoms with Gasteiger partial charge in [0.05, 0.1) is 5.84 Å². The maximum atomic E-state index is 4.18. The van der Waals surface area contributed by atoms with Crippen LogP contribution in [0.2, 0.25) is 0 Å². The minimum atomic E-state index is 0.716. The molecule has 64 valence electrons. The molecule has 11 heavy (non-hydrogen) atoms. The minimum Gasteiger partial charge on any atom is -0.371 e. The second kappa shape index (κ2) is 4.37. The van der Waals surface area contributed by atoms with E-state index in [-0.39, 0.29) is 0 Å². The Bertz CT molecular complexity index is 134. The SMILES string of the molecule is CCC(=NC)NC1CCCC1. The van der Waals surface area contributed by atoms with Gasteiger partial charge in [0.15, 0.2) is 0 Å². The minimum absolute atomic E-state index is 0.716. The van der Waals surface area contributed by atoms with Crippen molar-refractivity contribution in [3.63, 3.8) is 0 Å². The maximum Gasteiger partial charge on any atom is 0.0958 e. The van der Waals surface area contributed by atoms with Gasteiger partial charge >= 0.3 is 0 Å². The van der Waals surface area contributed by atoms with Gasteiger partial charge in [-0.2, -0.15) is 0 Å². The van der Waals surface area contributed by atoms with Crippen LogP contribution in [0.3, 0.4) is 0 Å². The molecule has 1 aliphatic carbocycles. The van der Waals surface area contributed by atoms with Crippen LogP contribution in [0, 0.1) is 0 Å². The Morgan fingerprint density at radius 2 is 2.09 bits per heavy atom. The summed E-state index contributed by atoms with van der Waals surface area (Å²) < 4.78 is 0. The lowest BCUT2D eigenvalue weighted by Gasteiger charge is -2.13. The van der Waals surface area contributed by atoms with Gasteiger partial charge in [-0.25, -0.2) is 0 Å². The van der Waals surface area contributed by atoms with Crippen molar-refractivity contribution in [2.75, 3.05) is 7.05 Å². The largest absolute Gasteiger partial charge is 0.371 e. The van der Waals surface area contributed by atoms with Crippen molar-refractivity contribution in [1.82, 2.24) is 5.32 Å². The van der Waals surface area contributed by atoms with Gasteiger partial charge < -0.3 is 5.32 Å². The molecular formula is C9H18N2. The van der Waals surface area contributed by atoms with E-state index in [4.69, 9.17) is 0 Å². The second-order valence-corrected chi connectivity index (χ2v) is 3.15. The van der Waals surface area contributed by atoms with Gasteiger partial charge in [-0.1, -0.05) is 19.8 Å². The van der Waals surface area contributed by atoms with Crippen LogP contribution >= 0.6 is 0 Å². The zero-order chi connectivity index (χ0) is 8.10. The van der Waals surface area contributed by atoms with Crippen LogP contribution in [0.5, 0.6) is 0 Å². The summed E-state index contributed by atoms with van der Waals surface area (Å²) in [4.78, 5) is 4.18. The lowest BCUT2D eigenvalue weighted by atomic mass is 10.2. The summed E-state index contributed by atoms with van der Waals surface area (Å²) in [5.41, 5.74) is 0. The number of rotatable bonds is 2. The molecular weight excluding hydrogens is 136 g/mol. The molecule has 0 unspecified atom stereocenters. The van der Waals surface area contributed by atoms with E-state index >= 15 is 0 Å². The summed E-state index contributed by atoms with van der Waals surface area (Å²) in [7, 11) is 1.86. The van der Waals surface area contributed by atoms with Gasteiger partial charge in [0.2, 0.25) is 0 Å². The molecule has 2 heteroatoms. The van der Waals surface area contributed by atoms with Crippen molar-refractivity contribution >= 4 is 5.84 Å². The summed E-state index contributed by atoms with van der Waals surface area (Å²) in [6, 6.07) is 0.716. The van der Waals surface area contributed by atoms with Gasteiger partial charge in [-0.3, -0.25) is 4.99 Å². The molecule has 2 nitrogen and oxygen atoms in total. The van der Waals surface area contributed by atoms with Gasteiger partial charge in [0.25, 0.3) is 0 Å². The number of hydrogen-bond acceptors (Lipinski definition) is 1.